The van der Waals surface area contributed by atoms with Crippen LogP contribution in [0.3, 0.4) is 0 Å². The van der Waals surface area contributed by atoms with Crippen LogP contribution in [0.4, 0.5) is 11.4 Å². The van der Waals surface area contributed by atoms with E-state index in [1.165, 1.54) is 54.5 Å². The molecular weight excluding hydrogens is 484 g/mol. The van der Waals surface area contributed by atoms with Crippen LogP contribution < -0.4 is 5.32 Å². The molecule has 40 heavy (non-hydrogen) atoms. The molecule has 8 aromatic rings. The van der Waals surface area contributed by atoms with Gasteiger partial charge < -0.3 is 9.88 Å². The molecule has 1 N–H and O–H groups in total. The van der Waals surface area contributed by atoms with E-state index in [-0.39, 0.29) is 0 Å². The highest BCUT2D eigenvalue weighted by Crippen LogP contribution is 2.36. The Kier molecular flexibility index (Phi) is 5.17. The Labute approximate surface area is 232 Å². The number of nitrogens with one attached hydrogen (secondary N) is 1. The summed E-state index contributed by atoms with van der Waals surface area (Å²) in [5.74, 6) is 0. The number of nitrogens with zero attached hydrogens (tertiary/aromatic N) is 1. The van der Waals surface area contributed by atoms with E-state index in [4.69, 9.17) is 0 Å². The first-order valence-corrected chi connectivity index (χ1v) is 13.7. The Hall–Kier alpha value is -5.34. The summed E-state index contributed by atoms with van der Waals surface area (Å²) < 4.78 is 2.35. The molecule has 2 nitrogen and oxygen atoms in total. The second-order valence-corrected chi connectivity index (χ2v) is 10.3. The molecule has 0 atom stereocenters. The normalized spacial score (nSPS) is 11.5. The van der Waals surface area contributed by atoms with Gasteiger partial charge in [-0.05, 0) is 87.3 Å². The third-order valence-corrected chi connectivity index (χ3v) is 7.94. The van der Waals surface area contributed by atoms with Gasteiger partial charge in [-0.3, -0.25) is 0 Å². The van der Waals surface area contributed by atoms with E-state index in [0.29, 0.717) is 0 Å². The van der Waals surface area contributed by atoms with Crippen LogP contribution in [0.25, 0.3) is 60.2 Å². The van der Waals surface area contributed by atoms with Crippen LogP contribution in [-0.4, -0.2) is 4.57 Å². The van der Waals surface area contributed by atoms with E-state index < -0.39 is 0 Å². The zero-order valence-corrected chi connectivity index (χ0v) is 21.9. The number of hydrogen-bond acceptors (Lipinski definition) is 1. The summed E-state index contributed by atoms with van der Waals surface area (Å²) in [6.45, 7) is 0. The minimum absolute atomic E-state index is 1.06. The zero-order chi connectivity index (χ0) is 26.5. The largest absolute Gasteiger partial charge is 0.356 e. The molecule has 1 aromatic heterocycles. The summed E-state index contributed by atoms with van der Waals surface area (Å²) in [5.41, 5.74) is 8.18. The van der Waals surface area contributed by atoms with E-state index >= 15 is 0 Å². The average molecular weight is 511 g/mol. The highest BCUT2D eigenvalue weighted by molar-refractivity contribution is 6.14. The van der Waals surface area contributed by atoms with Crippen molar-refractivity contribution in [3.63, 3.8) is 0 Å². The van der Waals surface area contributed by atoms with Crippen molar-refractivity contribution in [2.45, 2.75) is 0 Å². The van der Waals surface area contributed by atoms with Crippen LogP contribution in [-0.2, 0) is 0 Å². The number of anilines is 2. The molecule has 8 rings (SSSR count). The van der Waals surface area contributed by atoms with E-state index in [9.17, 15) is 0 Å². The summed E-state index contributed by atoms with van der Waals surface area (Å²) in [4.78, 5) is 0. The summed E-state index contributed by atoms with van der Waals surface area (Å²) in [6, 6.07) is 54.3. The summed E-state index contributed by atoms with van der Waals surface area (Å²) in [5, 5.41) is 11.3. The standard InChI is InChI=1S/C38H26N2/c1-2-13-31-27(10-1)25-36(33-15-4-3-14-32(31)33)26-11-9-12-29(24-26)39-28-20-22-30(23-21-28)40-37-18-7-5-16-34(37)35-17-6-8-19-38(35)40/h1-25,39H. The van der Waals surface area contributed by atoms with E-state index in [1.807, 2.05) is 0 Å². The third-order valence-electron chi connectivity index (χ3n) is 7.94. The summed E-state index contributed by atoms with van der Waals surface area (Å²) >= 11 is 0. The van der Waals surface area contributed by atoms with Crippen molar-refractivity contribution < 1.29 is 0 Å². The molecule has 0 fully saturated rings. The van der Waals surface area contributed by atoms with Gasteiger partial charge in [0.05, 0.1) is 11.0 Å². The molecule has 0 bridgehead atoms. The van der Waals surface area contributed by atoms with Gasteiger partial charge in [0.2, 0.25) is 0 Å². The topological polar surface area (TPSA) is 17.0 Å². The van der Waals surface area contributed by atoms with Crippen LogP contribution in [0.15, 0.2) is 152 Å². The Morgan fingerprint density at radius 2 is 1.00 bits per heavy atom. The van der Waals surface area contributed by atoms with Crippen molar-refractivity contribution in [3.8, 4) is 16.8 Å². The average Bonchev–Trinajstić information content (AvgIpc) is 3.36. The number of para-hydroxylation sites is 2. The second kappa shape index (κ2) is 9.14. The maximum Gasteiger partial charge on any atom is 0.0541 e. The Morgan fingerprint density at radius 1 is 0.400 bits per heavy atom. The van der Waals surface area contributed by atoms with Gasteiger partial charge in [-0.15, -0.1) is 0 Å². The molecular formula is C38H26N2. The molecule has 0 unspecified atom stereocenters. The van der Waals surface area contributed by atoms with Crippen molar-refractivity contribution in [3.05, 3.63) is 152 Å². The van der Waals surface area contributed by atoms with Crippen molar-refractivity contribution in [2.75, 3.05) is 5.32 Å². The molecule has 0 radical (unpaired) electrons. The van der Waals surface area contributed by atoms with Gasteiger partial charge in [0.1, 0.15) is 0 Å². The third kappa shape index (κ3) is 3.65. The minimum atomic E-state index is 1.06. The molecule has 7 aromatic carbocycles. The van der Waals surface area contributed by atoms with Crippen LogP contribution in [0, 0.1) is 0 Å². The molecule has 0 aliphatic carbocycles. The molecule has 1 heterocycles. The lowest BCUT2D eigenvalue weighted by molar-refractivity contribution is 1.18. The first-order valence-electron chi connectivity index (χ1n) is 13.7. The Bertz CT molecular complexity index is 2130. The number of benzene rings is 7. The van der Waals surface area contributed by atoms with Crippen LogP contribution in [0.5, 0.6) is 0 Å². The van der Waals surface area contributed by atoms with Gasteiger partial charge in [-0.25, -0.2) is 0 Å². The molecule has 0 aliphatic heterocycles. The molecule has 0 saturated carbocycles. The minimum Gasteiger partial charge on any atom is -0.356 e. The van der Waals surface area contributed by atoms with Crippen molar-refractivity contribution in [1.82, 2.24) is 4.57 Å². The fourth-order valence-electron chi connectivity index (χ4n) is 6.12. The van der Waals surface area contributed by atoms with Gasteiger partial charge in [0.25, 0.3) is 0 Å². The Balaban J connectivity index is 1.16. The van der Waals surface area contributed by atoms with Gasteiger partial charge in [-0.2, -0.15) is 0 Å². The predicted molar refractivity (Wildman–Crippen MR) is 171 cm³/mol. The van der Waals surface area contributed by atoms with Crippen molar-refractivity contribution >= 4 is 54.7 Å². The summed E-state index contributed by atoms with van der Waals surface area (Å²) in [6.07, 6.45) is 0. The maximum absolute atomic E-state index is 3.64. The first kappa shape index (κ1) is 22.6. The van der Waals surface area contributed by atoms with Crippen LogP contribution >= 0.6 is 0 Å². The smallest absolute Gasteiger partial charge is 0.0541 e. The van der Waals surface area contributed by atoms with E-state index in [0.717, 1.165) is 17.1 Å². The lowest BCUT2D eigenvalue weighted by Gasteiger charge is -2.13. The quantitative estimate of drug-likeness (QED) is 0.233. The monoisotopic (exact) mass is 510 g/mol. The molecule has 0 aliphatic rings. The highest BCUT2D eigenvalue weighted by Gasteiger charge is 2.12. The lowest BCUT2D eigenvalue weighted by Crippen LogP contribution is -1.95. The number of rotatable bonds is 4. The zero-order valence-electron chi connectivity index (χ0n) is 21.9. The van der Waals surface area contributed by atoms with E-state index in [2.05, 4.69) is 162 Å². The van der Waals surface area contributed by atoms with Gasteiger partial charge in [0.15, 0.2) is 0 Å². The van der Waals surface area contributed by atoms with Crippen LogP contribution in [0.1, 0.15) is 0 Å². The maximum atomic E-state index is 3.64. The molecule has 0 spiro atoms. The van der Waals surface area contributed by atoms with Crippen LogP contribution in [0.2, 0.25) is 0 Å². The number of fused-ring (bicyclic) bond motifs is 6. The lowest BCUT2D eigenvalue weighted by atomic mass is 9.93. The van der Waals surface area contributed by atoms with Crippen molar-refractivity contribution in [2.24, 2.45) is 0 Å². The molecule has 2 heteroatoms. The number of hydrogen-bond donors (Lipinski definition) is 1. The second-order valence-electron chi connectivity index (χ2n) is 10.3. The Morgan fingerprint density at radius 3 is 1.73 bits per heavy atom. The number of aromatic nitrogens is 1. The van der Waals surface area contributed by atoms with Gasteiger partial charge >= 0.3 is 0 Å². The SMILES string of the molecule is c1cc(Nc2ccc(-n3c4ccccc4c4ccccc43)cc2)cc(-c2cc3ccccc3c3ccccc23)c1. The van der Waals surface area contributed by atoms with E-state index in [1.54, 1.807) is 0 Å². The molecule has 0 saturated heterocycles. The van der Waals surface area contributed by atoms with Gasteiger partial charge in [0, 0.05) is 27.8 Å². The summed E-state index contributed by atoms with van der Waals surface area (Å²) in [7, 11) is 0. The molecule has 188 valence electrons. The highest BCUT2D eigenvalue weighted by atomic mass is 15.0. The molecule has 0 amide bonds. The first-order chi connectivity index (χ1) is 19.8. The van der Waals surface area contributed by atoms with Crippen molar-refractivity contribution in [1.29, 1.82) is 0 Å². The predicted octanol–water partition coefficient (Wildman–Crippen LogP) is 10.5. The van der Waals surface area contributed by atoms with Gasteiger partial charge in [-0.1, -0.05) is 97.1 Å². The fraction of sp³-hybridized carbons (Fsp3) is 0. The fourth-order valence-corrected chi connectivity index (χ4v) is 6.12.